The molecule has 0 radical (unpaired) electrons. The SMILES string of the molecule is COCC(Cl)CN(C)S(=O)(=O)C1CCCCC1. The predicted molar refractivity (Wildman–Crippen MR) is 69.9 cm³/mol. The second kappa shape index (κ2) is 6.92. The monoisotopic (exact) mass is 283 g/mol. The van der Waals surface area contributed by atoms with Crippen LogP contribution >= 0.6 is 11.6 Å². The molecular formula is C11H22ClNO3S. The Hall–Kier alpha value is 0.160. The van der Waals surface area contributed by atoms with E-state index in [2.05, 4.69) is 0 Å². The number of nitrogens with zero attached hydrogens (tertiary/aromatic N) is 1. The fourth-order valence-corrected chi connectivity index (χ4v) is 4.47. The van der Waals surface area contributed by atoms with E-state index in [1.807, 2.05) is 0 Å². The minimum Gasteiger partial charge on any atom is -0.383 e. The highest BCUT2D eigenvalue weighted by Gasteiger charge is 2.31. The number of hydrogen-bond acceptors (Lipinski definition) is 3. The second-order valence-electron chi connectivity index (χ2n) is 4.64. The largest absolute Gasteiger partial charge is 0.383 e. The van der Waals surface area contributed by atoms with Gasteiger partial charge in [0.15, 0.2) is 0 Å². The van der Waals surface area contributed by atoms with Crippen LogP contribution in [0.2, 0.25) is 0 Å². The van der Waals surface area contributed by atoms with E-state index < -0.39 is 10.0 Å². The van der Waals surface area contributed by atoms with Crippen molar-refractivity contribution in [1.82, 2.24) is 4.31 Å². The van der Waals surface area contributed by atoms with Crippen molar-refractivity contribution in [1.29, 1.82) is 0 Å². The fraction of sp³-hybridized carbons (Fsp3) is 1.00. The zero-order valence-corrected chi connectivity index (χ0v) is 12.1. The third kappa shape index (κ3) is 4.39. The van der Waals surface area contributed by atoms with Crippen LogP contribution in [0.25, 0.3) is 0 Å². The Kier molecular flexibility index (Phi) is 6.20. The molecule has 0 N–H and O–H groups in total. The normalized spacial score (nSPS) is 20.7. The highest BCUT2D eigenvalue weighted by molar-refractivity contribution is 7.89. The highest BCUT2D eigenvalue weighted by Crippen LogP contribution is 2.25. The van der Waals surface area contributed by atoms with Gasteiger partial charge < -0.3 is 4.74 Å². The maximum absolute atomic E-state index is 12.3. The molecule has 1 unspecified atom stereocenters. The van der Waals surface area contributed by atoms with Crippen molar-refractivity contribution in [2.75, 3.05) is 27.3 Å². The van der Waals surface area contributed by atoms with Crippen LogP contribution in [0.15, 0.2) is 0 Å². The summed E-state index contributed by atoms with van der Waals surface area (Å²) in [6, 6.07) is 0. The maximum atomic E-state index is 12.3. The Morgan fingerprint density at radius 2 is 1.94 bits per heavy atom. The highest BCUT2D eigenvalue weighted by atomic mass is 35.5. The first kappa shape index (κ1) is 15.2. The Labute approximate surface area is 109 Å². The van der Waals surface area contributed by atoms with Gasteiger partial charge in [-0.05, 0) is 12.8 Å². The van der Waals surface area contributed by atoms with E-state index in [0.29, 0.717) is 13.2 Å². The van der Waals surface area contributed by atoms with Crippen LogP contribution in [0.4, 0.5) is 0 Å². The van der Waals surface area contributed by atoms with E-state index in [0.717, 1.165) is 32.1 Å². The molecule has 1 aliphatic carbocycles. The summed E-state index contributed by atoms with van der Waals surface area (Å²) in [5, 5.41) is -0.504. The summed E-state index contributed by atoms with van der Waals surface area (Å²) in [6.07, 6.45) is 4.74. The van der Waals surface area contributed by atoms with Crippen molar-refractivity contribution in [3.8, 4) is 0 Å². The second-order valence-corrected chi connectivity index (χ2v) is 7.58. The molecule has 4 nitrogen and oxygen atoms in total. The molecule has 1 atom stereocenters. The van der Waals surface area contributed by atoms with Crippen LogP contribution in [-0.2, 0) is 14.8 Å². The summed E-state index contributed by atoms with van der Waals surface area (Å²) in [5.74, 6) is 0. The number of methoxy groups -OCH3 is 1. The number of ether oxygens (including phenoxy) is 1. The van der Waals surface area contributed by atoms with Gasteiger partial charge in [0.1, 0.15) is 0 Å². The Balaban J connectivity index is 2.56. The molecule has 1 fully saturated rings. The van der Waals surface area contributed by atoms with E-state index in [4.69, 9.17) is 16.3 Å². The molecule has 0 heterocycles. The molecule has 1 aliphatic rings. The molecule has 0 aromatic rings. The lowest BCUT2D eigenvalue weighted by atomic mass is 10.0. The standard InChI is InChI=1S/C11H22ClNO3S/c1-13(8-10(12)9-16-2)17(14,15)11-6-4-3-5-7-11/h10-11H,3-9H2,1-2H3. The summed E-state index contributed by atoms with van der Waals surface area (Å²) >= 11 is 5.99. The molecule has 0 amide bonds. The molecule has 1 rings (SSSR count). The molecule has 0 saturated heterocycles. The topological polar surface area (TPSA) is 46.6 Å². The lowest BCUT2D eigenvalue weighted by Gasteiger charge is -2.28. The van der Waals surface area contributed by atoms with Gasteiger partial charge >= 0.3 is 0 Å². The van der Waals surface area contributed by atoms with Crippen molar-refractivity contribution in [3.63, 3.8) is 0 Å². The minimum absolute atomic E-state index is 0.215. The van der Waals surface area contributed by atoms with E-state index in [1.165, 1.54) is 4.31 Å². The van der Waals surface area contributed by atoms with E-state index >= 15 is 0 Å². The molecule has 0 aromatic heterocycles. The number of sulfonamides is 1. The van der Waals surface area contributed by atoms with E-state index in [9.17, 15) is 8.42 Å². The predicted octanol–water partition coefficient (Wildman–Crippen LogP) is 1.83. The van der Waals surface area contributed by atoms with E-state index in [1.54, 1.807) is 14.2 Å². The van der Waals surface area contributed by atoms with Crippen LogP contribution < -0.4 is 0 Å². The van der Waals surface area contributed by atoms with Crippen molar-refractivity contribution in [3.05, 3.63) is 0 Å². The summed E-state index contributed by atoms with van der Waals surface area (Å²) in [7, 11) is -0.0154. The average Bonchev–Trinajstić information content (AvgIpc) is 2.30. The van der Waals surface area contributed by atoms with Crippen molar-refractivity contribution >= 4 is 21.6 Å². The van der Waals surface area contributed by atoms with Crippen molar-refractivity contribution in [2.45, 2.75) is 42.7 Å². The Morgan fingerprint density at radius 3 is 2.47 bits per heavy atom. The number of alkyl halides is 1. The van der Waals surface area contributed by atoms with Crippen molar-refractivity contribution in [2.24, 2.45) is 0 Å². The molecule has 1 saturated carbocycles. The molecular weight excluding hydrogens is 262 g/mol. The molecule has 0 bridgehead atoms. The first-order valence-electron chi connectivity index (χ1n) is 6.06. The molecule has 6 heteroatoms. The molecule has 0 spiro atoms. The number of halogens is 1. The summed E-state index contributed by atoms with van der Waals surface area (Å²) in [6.45, 7) is 0.681. The quantitative estimate of drug-likeness (QED) is 0.699. The molecule has 102 valence electrons. The van der Waals surface area contributed by atoms with Gasteiger partial charge in [0.2, 0.25) is 10.0 Å². The van der Waals surface area contributed by atoms with Gasteiger partial charge in [0.25, 0.3) is 0 Å². The average molecular weight is 284 g/mol. The Morgan fingerprint density at radius 1 is 1.35 bits per heavy atom. The van der Waals surface area contributed by atoms with Gasteiger partial charge in [-0.25, -0.2) is 12.7 Å². The molecule has 0 aliphatic heterocycles. The minimum atomic E-state index is -3.18. The lowest BCUT2D eigenvalue weighted by molar-refractivity contribution is 0.192. The lowest BCUT2D eigenvalue weighted by Crippen LogP contribution is -2.40. The van der Waals surface area contributed by atoms with E-state index in [-0.39, 0.29) is 10.6 Å². The van der Waals surface area contributed by atoms with Gasteiger partial charge in [-0.15, -0.1) is 11.6 Å². The van der Waals surface area contributed by atoms with Crippen LogP contribution in [0.3, 0.4) is 0 Å². The van der Waals surface area contributed by atoms with Crippen LogP contribution in [0.1, 0.15) is 32.1 Å². The first-order valence-corrected chi connectivity index (χ1v) is 8.00. The van der Waals surface area contributed by atoms with Crippen molar-refractivity contribution < 1.29 is 13.2 Å². The van der Waals surface area contributed by atoms with Gasteiger partial charge in [-0.2, -0.15) is 0 Å². The molecule has 17 heavy (non-hydrogen) atoms. The summed E-state index contributed by atoms with van der Waals surface area (Å²) in [4.78, 5) is 0. The van der Waals surface area contributed by atoms with Gasteiger partial charge in [0, 0.05) is 20.7 Å². The number of rotatable bonds is 6. The zero-order chi connectivity index (χ0) is 12.9. The first-order chi connectivity index (χ1) is 7.98. The third-order valence-electron chi connectivity index (χ3n) is 3.21. The Bertz CT molecular complexity index is 315. The summed E-state index contributed by atoms with van der Waals surface area (Å²) < 4.78 is 30.8. The van der Waals surface area contributed by atoms with Gasteiger partial charge in [-0.3, -0.25) is 0 Å². The fourth-order valence-electron chi connectivity index (χ4n) is 2.23. The smallest absolute Gasteiger partial charge is 0.216 e. The summed E-state index contributed by atoms with van der Waals surface area (Å²) in [5.41, 5.74) is 0. The molecule has 0 aromatic carbocycles. The number of hydrogen-bond donors (Lipinski definition) is 0. The maximum Gasteiger partial charge on any atom is 0.216 e. The van der Waals surface area contributed by atoms with Crippen LogP contribution in [0, 0.1) is 0 Å². The third-order valence-corrected chi connectivity index (χ3v) is 5.81. The van der Waals surface area contributed by atoms with Crippen LogP contribution in [0.5, 0.6) is 0 Å². The van der Waals surface area contributed by atoms with Crippen LogP contribution in [-0.4, -0.2) is 50.7 Å². The zero-order valence-electron chi connectivity index (χ0n) is 10.6. The van der Waals surface area contributed by atoms with Gasteiger partial charge in [-0.1, -0.05) is 19.3 Å². The van der Waals surface area contributed by atoms with Gasteiger partial charge in [0.05, 0.1) is 17.2 Å².